The lowest BCUT2D eigenvalue weighted by Crippen LogP contribution is -2.29. The Balaban J connectivity index is 1.96. The molecule has 1 aliphatic rings. The van der Waals surface area contributed by atoms with Gasteiger partial charge in [-0.15, -0.1) is 0 Å². The number of methoxy groups -OCH3 is 1. The Bertz CT molecular complexity index is 430. The average molecular weight is 289 g/mol. The van der Waals surface area contributed by atoms with Crippen LogP contribution in [0.2, 0.25) is 0 Å². The number of fused-ring (bicyclic) bond motifs is 1. The molecule has 0 fully saturated rings. The molecule has 2 heteroatoms. The van der Waals surface area contributed by atoms with E-state index < -0.39 is 0 Å². The van der Waals surface area contributed by atoms with E-state index in [1.54, 1.807) is 7.11 Å². The van der Waals surface area contributed by atoms with Gasteiger partial charge in [0.15, 0.2) is 0 Å². The molecule has 1 aromatic carbocycles. The maximum Gasteiger partial charge on any atom is 0.119 e. The summed E-state index contributed by atoms with van der Waals surface area (Å²) in [4.78, 5) is 0. The van der Waals surface area contributed by atoms with Gasteiger partial charge in [-0.05, 0) is 61.4 Å². The fourth-order valence-electron chi connectivity index (χ4n) is 3.38. The predicted octanol–water partition coefficient (Wildman–Crippen LogP) is 4.88. The van der Waals surface area contributed by atoms with Crippen LogP contribution in [0.5, 0.6) is 5.75 Å². The van der Waals surface area contributed by atoms with Crippen molar-refractivity contribution in [2.45, 2.75) is 64.8 Å². The van der Waals surface area contributed by atoms with E-state index in [-0.39, 0.29) is 0 Å². The van der Waals surface area contributed by atoms with Gasteiger partial charge in [0.2, 0.25) is 0 Å². The van der Waals surface area contributed by atoms with Crippen LogP contribution in [0.3, 0.4) is 0 Å². The molecule has 1 aliphatic carbocycles. The van der Waals surface area contributed by atoms with Crippen LogP contribution in [0.1, 0.15) is 69.5 Å². The summed E-state index contributed by atoms with van der Waals surface area (Å²) in [5, 5.41) is 3.83. The Morgan fingerprint density at radius 2 is 2.19 bits per heavy atom. The zero-order valence-electron chi connectivity index (χ0n) is 14.0. The van der Waals surface area contributed by atoms with Gasteiger partial charge in [0.05, 0.1) is 7.11 Å². The van der Waals surface area contributed by atoms with Gasteiger partial charge >= 0.3 is 0 Å². The fourth-order valence-corrected chi connectivity index (χ4v) is 3.38. The Hall–Kier alpha value is -1.02. The fraction of sp³-hybridized carbons (Fsp3) is 0.684. The molecule has 0 saturated heterocycles. The van der Waals surface area contributed by atoms with Crippen LogP contribution >= 0.6 is 0 Å². The first kappa shape index (κ1) is 16.4. The molecule has 2 unspecified atom stereocenters. The summed E-state index contributed by atoms with van der Waals surface area (Å²) >= 11 is 0. The maximum absolute atomic E-state index is 5.35. The van der Waals surface area contributed by atoms with Gasteiger partial charge in [0.1, 0.15) is 5.75 Å². The van der Waals surface area contributed by atoms with Crippen molar-refractivity contribution in [3.8, 4) is 5.75 Å². The third kappa shape index (κ3) is 4.47. The molecule has 0 aliphatic heterocycles. The van der Waals surface area contributed by atoms with Crippen LogP contribution < -0.4 is 10.1 Å². The molecule has 2 atom stereocenters. The third-order valence-corrected chi connectivity index (χ3v) is 4.86. The van der Waals surface area contributed by atoms with E-state index in [4.69, 9.17) is 4.74 Å². The number of hydrogen-bond donors (Lipinski definition) is 1. The molecular weight excluding hydrogens is 258 g/mol. The Kier molecular flexibility index (Phi) is 6.56. The minimum absolute atomic E-state index is 0.537. The van der Waals surface area contributed by atoms with E-state index in [1.807, 2.05) is 0 Å². The summed E-state index contributed by atoms with van der Waals surface area (Å²) in [7, 11) is 1.75. The smallest absolute Gasteiger partial charge is 0.119 e. The highest BCUT2D eigenvalue weighted by molar-refractivity contribution is 5.39. The first-order valence-electron chi connectivity index (χ1n) is 8.68. The van der Waals surface area contributed by atoms with Gasteiger partial charge < -0.3 is 10.1 Å². The molecular formula is C19H31NO. The van der Waals surface area contributed by atoms with Crippen molar-refractivity contribution in [1.82, 2.24) is 5.32 Å². The average Bonchev–Trinajstić information content (AvgIpc) is 2.54. The van der Waals surface area contributed by atoms with E-state index in [0.29, 0.717) is 6.04 Å². The zero-order chi connectivity index (χ0) is 15.1. The van der Waals surface area contributed by atoms with Crippen molar-refractivity contribution >= 4 is 0 Å². The lowest BCUT2D eigenvalue weighted by Gasteiger charge is -2.28. The highest BCUT2D eigenvalue weighted by atomic mass is 16.5. The monoisotopic (exact) mass is 289 g/mol. The number of aryl methyl sites for hydroxylation is 1. The van der Waals surface area contributed by atoms with Crippen molar-refractivity contribution in [3.05, 3.63) is 29.3 Å². The van der Waals surface area contributed by atoms with Gasteiger partial charge in [-0.25, -0.2) is 0 Å². The molecule has 1 aromatic rings. The highest BCUT2D eigenvalue weighted by Crippen LogP contribution is 2.32. The maximum atomic E-state index is 5.35. The van der Waals surface area contributed by atoms with Gasteiger partial charge in [0, 0.05) is 6.04 Å². The van der Waals surface area contributed by atoms with Crippen LogP contribution in [0.25, 0.3) is 0 Å². The summed E-state index contributed by atoms with van der Waals surface area (Å²) in [5.41, 5.74) is 2.96. The van der Waals surface area contributed by atoms with E-state index in [0.717, 1.165) is 18.2 Å². The highest BCUT2D eigenvalue weighted by Gasteiger charge is 2.21. The van der Waals surface area contributed by atoms with Gasteiger partial charge in [-0.3, -0.25) is 0 Å². The Labute approximate surface area is 130 Å². The number of hydrogen-bond acceptors (Lipinski definition) is 2. The summed E-state index contributed by atoms with van der Waals surface area (Å²) in [5.74, 6) is 1.82. The first-order chi connectivity index (χ1) is 10.3. The SMILES string of the molecule is CCCCC(CC)CNC1CCCc2cc(OC)ccc21. The predicted molar refractivity (Wildman–Crippen MR) is 90.0 cm³/mol. The summed E-state index contributed by atoms with van der Waals surface area (Å²) in [6, 6.07) is 7.12. The molecule has 0 amide bonds. The third-order valence-electron chi connectivity index (χ3n) is 4.86. The van der Waals surface area contributed by atoms with Crippen molar-refractivity contribution < 1.29 is 4.74 Å². The number of benzene rings is 1. The molecule has 0 radical (unpaired) electrons. The van der Waals surface area contributed by atoms with Crippen molar-refractivity contribution in [1.29, 1.82) is 0 Å². The number of nitrogens with one attached hydrogen (secondary N) is 1. The van der Waals surface area contributed by atoms with E-state index in [2.05, 4.69) is 37.4 Å². The molecule has 21 heavy (non-hydrogen) atoms. The molecule has 0 spiro atoms. The van der Waals surface area contributed by atoms with Gasteiger partial charge in [-0.1, -0.05) is 39.2 Å². The number of rotatable bonds is 8. The number of ether oxygens (including phenoxy) is 1. The topological polar surface area (TPSA) is 21.3 Å². The lowest BCUT2D eigenvalue weighted by molar-refractivity contribution is 0.369. The molecule has 1 N–H and O–H groups in total. The van der Waals surface area contributed by atoms with E-state index in [9.17, 15) is 0 Å². The molecule has 0 bridgehead atoms. The second-order valence-electron chi connectivity index (χ2n) is 6.33. The normalized spacial score (nSPS) is 19.1. The van der Waals surface area contributed by atoms with Crippen LogP contribution in [-0.4, -0.2) is 13.7 Å². The minimum atomic E-state index is 0.537. The first-order valence-corrected chi connectivity index (χ1v) is 8.68. The Morgan fingerprint density at radius 1 is 1.33 bits per heavy atom. The van der Waals surface area contributed by atoms with Crippen molar-refractivity contribution in [2.24, 2.45) is 5.92 Å². The molecule has 0 aromatic heterocycles. The van der Waals surface area contributed by atoms with E-state index in [1.165, 1.54) is 56.1 Å². The quantitative estimate of drug-likeness (QED) is 0.736. The van der Waals surface area contributed by atoms with Crippen LogP contribution in [0.15, 0.2) is 18.2 Å². The van der Waals surface area contributed by atoms with Crippen molar-refractivity contribution in [3.63, 3.8) is 0 Å². The molecule has 2 nitrogen and oxygen atoms in total. The van der Waals surface area contributed by atoms with Gasteiger partial charge in [-0.2, -0.15) is 0 Å². The molecule has 0 heterocycles. The van der Waals surface area contributed by atoms with E-state index >= 15 is 0 Å². The minimum Gasteiger partial charge on any atom is -0.497 e. The Morgan fingerprint density at radius 3 is 2.90 bits per heavy atom. The second kappa shape index (κ2) is 8.43. The molecule has 2 rings (SSSR count). The number of unbranched alkanes of at least 4 members (excludes halogenated alkanes) is 1. The van der Waals surface area contributed by atoms with Crippen molar-refractivity contribution in [2.75, 3.05) is 13.7 Å². The summed E-state index contributed by atoms with van der Waals surface area (Å²) in [6.45, 7) is 5.76. The molecule has 118 valence electrons. The largest absolute Gasteiger partial charge is 0.497 e. The second-order valence-corrected chi connectivity index (χ2v) is 6.33. The van der Waals surface area contributed by atoms with Gasteiger partial charge in [0.25, 0.3) is 0 Å². The standard InChI is InChI=1S/C19H31NO/c1-4-6-8-15(5-2)14-20-19-10-7-9-16-13-17(21-3)11-12-18(16)19/h11-13,15,19-20H,4-10,14H2,1-3H3. The summed E-state index contributed by atoms with van der Waals surface area (Å²) < 4.78 is 5.35. The van der Waals surface area contributed by atoms with Crippen LogP contribution in [0.4, 0.5) is 0 Å². The molecule has 0 saturated carbocycles. The van der Waals surface area contributed by atoms with Crippen LogP contribution in [-0.2, 0) is 6.42 Å². The zero-order valence-corrected chi connectivity index (χ0v) is 14.0. The lowest BCUT2D eigenvalue weighted by atomic mass is 9.87. The van der Waals surface area contributed by atoms with Crippen LogP contribution in [0, 0.1) is 5.92 Å². The summed E-state index contributed by atoms with van der Waals surface area (Å²) in [6.07, 6.45) is 9.06.